The monoisotopic (exact) mass is 351 g/mol. The lowest BCUT2D eigenvalue weighted by Gasteiger charge is -2.54. The first-order valence-corrected chi connectivity index (χ1v) is 10.4. The van der Waals surface area contributed by atoms with E-state index in [0.29, 0.717) is 6.04 Å². The summed E-state index contributed by atoms with van der Waals surface area (Å²) in [6.45, 7) is 8.78. The van der Waals surface area contributed by atoms with Gasteiger partial charge in [0.1, 0.15) is 0 Å². The number of carbonyl (C=O) groups is 1. The molecule has 4 bridgehead atoms. The van der Waals surface area contributed by atoms with Crippen LogP contribution in [0, 0.1) is 29.1 Å². The largest absolute Gasteiger partial charge is 0.349 e. The van der Waals surface area contributed by atoms with E-state index >= 15 is 0 Å². The van der Waals surface area contributed by atoms with E-state index in [0.717, 1.165) is 29.2 Å². The first-order valence-electron chi connectivity index (χ1n) is 10.4. The Kier molecular flexibility index (Phi) is 4.49. The molecular weight excluding hydrogens is 318 g/mol. The van der Waals surface area contributed by atoms with Gasteiger partial charge in [0.15, 0.2) is 0 Å². The number of rotatable bonds is 3. The third-order valence-electron chi connectivity index (χ3n) is 6.78. The zero-order chi connectivity index (χ0) is 18.5. The molecule has 4 fully saturated rings. The molecule has 0 heterocycles. The molecule has 4 saturated carbocycles. The van der Waals surface area contributed by atoms with Gasteiger partial charge in [0.05, 0.1) is 0 Å². The molecule has 4 aliphatic carbocycles. The number of hydrogen-bond donors (Lipinski definition) is 1. The highest BCUT2D eigenvalue weighted by Crippen LogP contribution is 2.53. The summed E-state index contributed by atoms with van der Waals surface area (Å²) in [7, 11) is 0. The Morgan fingerprint density at radius 1 is 0.923 bits per heavy atom. The van der Waals surface area contributed by atoms with Crippen molar-refractivity contribution in [2.45, 2.75) is 65.8 Å². The highest BCUT2D eigenvalue weighted by atomic mass is 16.1. The van der Waals surface area contributed by atoms with Crippen LogP contribution in [0.15, 0.2) is 30.3 Å². The van der Waals surface area contributed by atoms with Crippen LogP contribution in [0.4, 0.5) is 0 Å². The summed E-state index contributed by atoms with van der Waals surface area (Å²) < 4.78 is 0. The van der Waals surface area contributed by atoms with E-state index in [1.54, 1.807) is 0 Å². The molecule has 0 radical (unpaired) electrons. The van der Waals surface area contributed by atoms with E-state index in [1.807, 2.05) is 12.1 Å². The average Bonchev–Trinajstić information content (AvgIpc) is 2.56. The normalized spacial score (nSPS) is 33.4. The summed E-state index contributed by atoms with van der Waals surface area (Å²) in [5.74, 6) is 3.47. The molecule has 2 heteroatoms. The summed E-state index contributed by atoms with van der Waals surface area (Å²) in [5, 5.41) is 3.41. The van der Waals surface area contributed by atoms with Crippen LogP contribution < -0.4 is 5.32 Å². The third-order valence-corrected chi connectivity index (χ3v) is 6.78. The van der Waals surface area contributed by atoms with Crippen molar-refractivity contribution < 1.29 is 4.79 Å². The smallest absolute Gasteiger partial charge is 0.251 e. The average molecular weight is 352 g/mol. The summed E-state index contributed by atoms with van der Waals surface area (Å²) in [4.78, 5) is 12.8. The van der Waals surface area contributed by atoms with Crippen LogP contribution in [0.25, 0.3) is 5.57 Å². The first kappa shape index (κ1) is 17.8. The lowest BCUT2D eigenvalue weighted by atomic mass is 9.54. The van der Waals surface area contributed by atoms with E-state index < -0.39 is 0 Å². The van der Waals surface area contributed by atoms with Gasteiger partial charge in [-0.25, -0.2) is 0 Å². The van der Waals surface area contributed by atoms with E-state index in [1.165, 1.54) is 43.2 Å². The topological polar surface area (TPSA) is 29.1 Å². The van der Waals surface area contributed by atoms with Crippen molar-refractivity contribution in [2.75, 3.05) is 0 Å². The molecular formula is C24H33NO. The van der Waals surface area contributed by atoms with Crippen molar-refractivity contribution in [3.05, 3.63) is 41.5 Å². The van der Waals surface area contributed by atoms with E-state index in [2.05, 4.69) is 51.2 Å². The highest BCUT2D eigenvalue weighted by Gasteiger charge is 2.48. The van der Waals surface area contributed by atoms with Crippen molar-refractivity contribution in [1.29, 1.82) is 0 Å². The number of benzene rings is 1. The van der Waals surface area contributed by atoms with Gasteiger partial charge in [-0.05, 0) is 91.4 Å². The summed E-state index contributed by atoms with van der Waals surface area (Å²) in [5.41, 5.74) is 3.43. The van der Waals surface area contributed by atoms with Gasteiger partial charge in [-0.1, -0.05) is 39.0 Å². The second kappa shape index (κ2) is 6.55. The molecule has 0 saturated heterocycles. The SMILES string of the molecule is CC(=CC(C)(C)C)c1ccc(C(=O)NC2C3CC4CC(C3)CC2C4)cc1. The second-order valence-electron chi connectivity index (χ2n) is 10.2. The van der Waals surface area contributed by atoms with Crippen LogP contribution in [0.2, 0.25) is 0 Å². The Balaban J connectivity index is 1.43. The maximum atomic E-state index is 12.8. The number of allylic oxidation sites excluding steroid dienone is 2. The molecule has 1 amide bonds. The van der Waals surface area contributed by atoms with Crippen molar-refractivity contribution >= 4 is 11.5 Å². The highest BCUT2D eigenvalue weighted by molar-refractivity contribution is 5.94. The molecule has 0 spiro atoms. The minimum atomic E-state index is 0.117. The molecule has 0 atom stereocenters. The molecule has 4 aliphatic rings. The Bertz CT molecular complexity index is 679. The minimum absolute atomic E-state index is 0.117. The van der Waals surface area contributed by atoms with Crippen LogP contribution in [-0.2, 0) is 0 Å². The first-order chi connectivity index (χ1) is 12.3. The van der Waals surface area contributed by atoms with Gasteiger partial charge >= 0.3 is 0 Å². The maximum Gasteiger partial charge on any atom is 0.251 e. The van der Waals surface area contributed by atoms with Gasteiger partial charge in [0.25, 0.3) is 5.91 Å². The molecule has 0 aliphatic heterocycles. The molecule has 0 unspecified atom stereocenters. The van der Waals surface area contributed by atoms with Gasteiger partial charge in [-0.2, -0.15) is 0 Å². The van der Waals surface area contributed by atoms with E-state index in [9.17, 15) is 4.79 Å². The number of amides is 1. The van der Waals surface area contributed by atoms with Crippen LogP contribution in [0.5, 0.6) is 0 Å². The van der Waals surface area contributed by atoms with Gasteiger partial charge in [0, 0.05) is 11.6 Å². The third kappa shape index (κ3) is 3.61. The maximum absolute atomic E-state index is 12.8. The quantitative estimate of drug-likeness (QED) is 0.744. The summed E-state index contributed by atoms with van der Waals surface area (Å²) >= 11 is 0. The van der Waals surface area contributed by atoms with Crippen molar-refractivity contribution in [3.8, 4) is 0 Å². The Morgan fingerprint density at radius 3 is 1.92 bits per heavy atom. The molecule has 5 rings (SSSR count). The fraction of sp³-hybridized carbons (Fsp3) is 0.625. The lowest BCUT2D eigenvalue weighted by molar-refractivity contribution is -0.0119. The van der Waals surface area contributed by atoms with Gasteiger partial charge in [0.2, 0.25) is 0 Å². The number of nitrogens with one attached hydrogen (secondary N) is 1. The number of hydrogen-bond acceptors (Lipinski definition) is 1. The Morgan fingerprint density at radius 2 is 1.42 bits per heavy atom. The molecule has 26 heavy (non-hydrogen) atoms. The van der Waals surface area contributed by atoms with Gasteiger partial charge in [-0.15, -0.1) is 0 Å². The second-order valence-corrected chi connectivity index (χ2v) is 10.2. The van der Waals surface area contributed by atoms with Gasteiger partial charge < -0.3 is 5.32 Å². The van der Waals surface area contributed by atoms with E-state index in [-0.39, 0.29) is 11.3 Å². The standard InChI is InChI=1S/C24H33NO/c1-15(14-24(2,3)4)18-5-7-19(8-6-18)23(26)25-22-20-10-16-9-17(12-20)13-21(22)11-16/h5-8,14,16-17,20-22H,9-13H2,1-4H3,(H,25,26). The predicted octanol–water partition coefficient (Wildman–Crippen LogP) is 5.69. The van der Waals surface area contributed by atoms with Crippen molar-refractivity contribution in [2.24, 2.45) is 29.1 Å². The lowest BCUT2D eigenvalue weighted by Crippen LogP contribution is -2.55. The molecule has 2 nitrogen and oxygen atoms in total. The molecule has 1 aromatic rings. The summed E-state index contributed by atoms with van der Waals surface area (Å²) in [6, 6.07) is 8.56. The summed E-state index contributed by atoms with van der Waals surface area (Å²) in [6.07, 6.45) is 9.11. The van der Waals surface area contributed by atoms with Crippen LogP contribution >= 0.6 is 0 Å². The molecule has 140 valence electrons. The predicted molar refractivity (Wildman–Crippen MR) is 108 cm³/mol. The van der Waals surface area contributed by atoms with E-state index in [4.69, 9.17) is 0 Å². The van der Waals surface area contributed by atoms with Crippen molar-refractivity contribution in [1.82, 2.24) is 5.32 Å². The van der Waals surface area contributed by atoms with Crippen molar-refractivity contribution in [3.63, 3.8) is 0 Å². The molecule has 1 aromatic carbocycles. The zero-order valence-corrected chi connectivity index (χ0v) is 16.7. The van der Waals surface area contributed by atoms with Gasteiger partial charge in [-0.3, -0.25) is 4.79 Å². The fourth-order valence-electron chi connectivity index (χ4n) is 6.01. The Hall–Kier alpha value is -1.57. The number of carbonyl (C=O) groups excluding carboxylic acids is 1. The molecule has 1 N–H and O–H groups in total. The van der Waals surface area contributed by atoms with Crippen LogP contribution in [-0.4, -0.2) is 11.9 Å². The minimum Gasteiger partial charge on any atom is -0.349 e. The van der Waals surface area contributed by atoms with Crippen LogP contribution in [0.1, 0.15) is 75.7 Å². The fourth-order valence-corrected chi connectivity index (χ4v) is 6.01. The Labute approximate surface area is 158 Å². The zero-order valence-electron chi connectivity index (χ0n) is 16.7. The molecule has 0 aromatic heterocycles. The van der Waals surface area contributed by atoms with Crippen LogP contribution in [0.3, 0.4) is 0 Å².